The molecule has 1 aromatic heterocycles. The fourth-order valence-corrected chi connectivity index (χ4v) is 3.23. The lowest BCUT2D eigenvalue weighted by molar-refractivity contribution is -0.141. The molecule has 3 aromatic rings. The van der Waals surface area contributed by atoms with Gasteiger partial charge >= 0.3 is 6.18 Å². The Morgan fingerprint density at radius 1 is 1.07 bits per heavy atom. The molecular formula is C19H17F3N2O4S. The number of aryl methyl sites for hydroxylation is 1. The highest BCUT2D eigenvalue weighted by Crippen LogP contribution is 2.33. The first-order valence-corrected chi connectivity index (χ1v) is 10.0. The number of rotatable bonds is 6. The monoisotopic (exact) mass is 426 g/mol. The van der Waals surface area contributed by atoms with Gasteiger partial charge in [-0.2, -0.15) is 26.7 Å². The molecule has 1 heterocycles. The summed E-state index contributed by atoms with van der Waals surface area (Å²) in [7, 11) is -2.61. The van der Waals surface area contributed by atoms with Crippen LogP contribution in [0.25, 0.3) is 16.9 Å². The van der Waals surface area contributed by atoms with Gasteiger partial charge in [0, 0.05) is 5.56 Å². The largest absolute Gasteiger partial charge is 0.497 e. The van der Waals surface area contributed by atoms with Crippen LogP contribution < -0.4 is 4.74 Å². The lowest BCUT2D eigenvalue weighted by Gasteiger charge is -2.09. The Hall–Kier alpha value is -2.85. The van der Waals surface area contributed by atoms with Crippen molar-refractivity contribution in [2.45, 2.75) is 12.6 Å². The van der Waals surface area contributed by atoms with Crippen LogP contribution in [0.2, 0.25) is 0 Å². The van der Waals surface area contributed by atoms with Gasteiger partial charge in [-0.25, -0.2) is 4.68 Å². The molecule has 0 fully saturated rings. The molecule has 1 N–H and O–H groups in total. The third kappa shape index (κ3) is 5.15. The van der Waals surface area contributed by atoms with Gasteiger partial charge in [0.2, 0.25) is 0 Å². The zero-order chi connectivity index (χ0) is 21.2. The molecule has 0 saturated heterocycles. The van der Waals surface area contributed by atoms with Crippen molar-refractivity contribution in [3.63, 3.8) is 0 Å². The van der Waals surface area contributed by atoms with Crippen molar-refractivity contribution in [3.8, 4) is 22.7 Å². The highest BCUT2D eigenvalue weighted by Gasteiger charge is 2.35. The zero-order valence-corrected chi connectivity index (χ0v) is 16.0. The van der Waals surface area contributed by atoms with E-state index >= 15 is 0 Å². The van der Waals surface area contributed by atoms with Crippen molar-refractivity contribution in [3.05, 3.63) is 65.9 Å². The number of benzene rings is 2. The molecule has 0 unspecified atom stereocenters. The van der Waals surface area contributed by atoms with E-state index in [0.29, 0.717) is 22.6 Å². The first-order chi connectivity index (χ1) is 13.6. The van der Waals surface area contributed by atoms with Gasteiger partial charge in [-0.1, -0.05) is 24.3 Å². The van der Waals surface area contributed by atoms with Gasteiger partial charge in [0.15, 0.2) is 5.69 Å². The molecule has 0 saturated carbocycles. The van der Waals surface area contributed by atoms with Gasteiger partial charge < -0.3 is 4.74 Å². The predicted octanol–water partition coefficient (Wildman–Crippen LogP) is 4.00. The highest BCUT2D eigenvalue weighted by molar-refractivity contribution is 7.85. The van der Waals surface area contributed by atoms with E-state index in [1.54, 1.807) is 48.5 Å². The molecular weight excluding hydrogens is 409 g/mol. The van der Waals surface area contributed by atoms with E-state index < -0.39 is 27.7 Å². The molecule has 0 amide bonds. The summed E-state index contributed by atoms with van der Waals surface area (Å²) in [6.45, 7) is 0. The van der Waals surface area contributed by atoms with Gasteiger partial charge in [-0.15, -0.1) is 0 Å². The van der Waals surface area contributed by atoms with Gasteiger partial charge in [-0.05, 0) is 42.3 Å². The summed E-state index contributed by atoms with van der Waals surface area (Å²) >= 11 is 0. The number of hydrogen-bond donors (Lipinski definition) is 1. The summed E-state index contributed by atoms with van der Waals surface area (Å²) in [6.07, 6.45) is -4.52. The maximum atomic E-state index is 13.2. The average molecular weight is 426 g/mol. The SMILES string of the molecule is COc1ccc(-n2nc(C(F)(F)F)cc2-c2ccc(CCS(=O)(=O)O)cc2)cc1. The first-order valence-electron chi connectivity index (χ1n) is 8.43. The van der Waals surface area contributed by atoms with Crippen LogP contribution in [0.15, 0.2) is 54.6 Å². The maximum absolute atomic E-state index is 13.2. The van der Waals surface area contributed by atoms with Crippen LogP contribution in [0.4, 0.5) is 13.2 Å². The fraction of sp³-hybridized carbons (Fsp3) is 0.211. The van der Waals surface area contributed by atoms with E-state index in [4.69, 9.17) is 9.29 Å². The van der Waals surface area contributed by atoms with Crippen molar-refractivity contribution < 1.29 is 30.9 Å². The van der Waals surface area contributed by atoms with E-state index in [1.807, 2.05) is 0 Å². The number of methoxy groups -OCH3 is 1. The van der Waals surface area contributed by atoms with Crippen LogP contribution in [0.1, 0.15) is 11.3 Å². The number of nitrogens with zero attached hydrogens (tertiary/aromatic N) is 2. The fourth-order valence-electron chi connectivity index (χ4n) is 2.73. The second-order valence-electron chi connectivity index (χ2n) is 6.26. The Morgan fingerprint density at radius 2 is 1.69 bits per heavy atom. The van der Waals surface area contributed by atoms with Crippen molar-refractivity contribution in [1.29, 1.82) is 0 Å². The van der Waals surface area contributed by atoms with E-state index in [-0.39, 0.29) is 12.1 Å². The number of aromatic nitrogens is 2. The van der Waals surface area contributed by atoms with Crippen LogP contribution in [-0.2, 0) is 22.7 Å². The van der Waals surface area contributed by atoms with Crippen molar-refractivity contribution >= 4 is 10.1 Å². The van der Waals surface area contributed by atoms with Gasteiger partial charge in [0.1, 0.15) is 5.75 Å². The van der Waals surface area contributed by atoms with Crippen LogP contribution in [0.5, 0.6) is 5.75 Å². The molecule has 10 heteroatoms. The van der Waals surface area contributed by atoms with Gasteiger partial charge in [0.25, 0.3) is 10.1 Å². The highest BCUT2D eigenvalue weighted by atomic mass is 32.2. The molecule has 3 rings (SSSR count). The van der Waals surface area contributed by atoms with Crippen molar-refractivity contribution in [1.82, 2.24) is 9.78 Å². The summed E-state index contributed by atoms with van der Waals surface area (Å²) in [5.74, 6) is 0.121. The second-order valence-corrected chi connectivity index (χ2v) is 7.83. The molecule has 0 aliphatic carbocycles. The average Bonchev–Trinajstić information content (AvgIpc) is 3.12. The smallest absolute Gasteiger partial charge is 0.435 e. The van der Waals surface area contributed by atoms with Crippen molar-refractivity contribution in [2.75, 3.05) is 12.9 Å². The lowest BCUT2D eigenvalue weighted by atomic mass is 10.1. The molecule has 6 nitrogen and oxygen atoms in total. The van der Waals surface area contributed by atoms with E-state index in [9.17, 15) is 21.6 Å². The summed E-state index contributed by atoms with van der Waals surface area (Å²) in [4.78, 5) is 0. The Morgan fingerprint density at radius 3 is 2.21 bits per heavy atom. The second kappa shape index (κ2) is 7.88. The van der Waals surface area contributed by atoms with Gasteiger partial charge in [-0.3, -0.25) is 4.55 Å². The number of alkyl halides is 3. The molecule has 0 atom stereocenters. The summed E-state index contributed by atoms with van der Waals surface area (Å²) in [6, 6.07) is 13.7. The molecule has 0 bridgehead atoms. The number of ether oxygens (including phenoxy) is 1. The molecule has 154 valence electrons. The topological polar surface area (TPSA) is 81.4 Å². The minimum absolute atomic E-state index is 0.0880. The minimum atomic E-state index is -4.61. The standard InChI is InChI=1S/C19H17F3N2O4S/c1-28-16-8-6-15(7-9-16)24-17(12-18(23-24)19(20,21)22)14-4-2-13(3-5-14)10-11-29(25,26)27/h2-9,12H,10-11H2,1H3,(H,25,26,27). The summed E-state index contributed by atoms with van der Waals surface area (Å²) in [5.41, 5.74) is 0.715. The van der Waals surface area contributed by atoms with Gasteiger partial charge in [0.05, 0.1) is 24.2 Å². The third-order valence-corrected chi connectivity index (χ3v) is 4.94. The Bertz CT molecular complexity index is 1090. The maximum Gasteiger partial charge on any atom is 0.435 e. The van der Waals surface area contributed by atoms with Crippen LogP contribution >= 0.6 is 0 Å². The number of halogens is 3. The van der Waals surface area contributed by atoms with Crippen LogP contribution in [0.3, 0.4) is 0 Å². The summed E-state index contributed by atoms with van der Waals surface area (Å²) in [5, 5.41) is 3.71. The molecule has 0 aliphatic heterocycles. The molecule has 0 radical (unpaired) electrons. The Balaban J connectivity index is 2.00. The summed E-state index contributed by atoms with van der Waals surface area (Å²) < 4.78 is 76.5. The zero-order valence-electron chi connectivity index (χ0n) is 15.2. The molecule has 0 spiro atoms. The Kier molecular flexibility index (Phi) is 5.67. The first kappa shape index (κ1) is 20.9. The Labute approximate surface area is 165 Å². The molecule has 29 heavy (non-hydrogen) atoms. The van der Waals surface area contributed by atoms with Crippen molar-refractivity contribution in [2.24, 2.45) is 0 Å². The van der Waals surface area contributed by atoms with E-state index in [0.717, 1.165) is 6.07 Å². The van der Waals surface area contributed by atoms with E-state index in [2.05, 4.69) is 5.10 Å². The van der Waals surface area contributed by atoms with E-state index in [1.165, 1.54) is 11.8 Å². The molecule has 0 aliphatic rings. The normalized spacial score (nSPS) is 12.2. The predicted molar refractivity (Wildman–Crippen MR) is 101 cm³/mol. The van der Waals surface area contributed by atoms with Crippen LogP contribution in [-0.4, -0.2) is 35.6 Å². The number of hydrogen-bond acceptors (Lipinski definition) is 4. The third-order valence-electron chi connectivity index (χ3n) is 4.22. The lowest BCUT2D eigenvalue weighted by Crippen LogP contribution is -2.07. The minimum Gasteiger partial charge on any atom is -0.497 e. The quantitative estimate of drug-likeness (QED) is 0.603. The van der Waals surface area contributed by atoms with Crippen LogP contribution in [0, 0.1) is 0 Å². The molecule has 2 aromatic carbocycles.